The Morgan fingerprint density at radius 3 is 2.62 bits per heavy atom. The van der Waals surface area contributed by atoms with E-state index in [1.165, 1.54) is 14.1 Å². The van der Waals surface area contributed by atoms with Crippen LogP contribution in [0.3, 0.4) is 0 Å². The molecule has 0 fully saturated rings. The maximum atomic E-state index is 12.5. The van der Waals surface area contributed by atoms with Crippen LogP contribution >= 0.6 is 34.2 Å². The van der Waals surface area contributed by atoms with Crippen LogP contribution in [0.15, 0.2) is 27.8 Å². The van der Waals surface area contributed by atoms with E-state index in [9.17, 15) is 19.5 Å². The van der Waals surface area contributed by atoms with Gasteiger partial charge in [0.2, 0.25) is 5.75 Å². The van der Waals surface area contributed by atoms with Crippen LogP contribution in [0.25, 0.3) is 0 Å². The van der Waals surface area contributed by atoms with Crippen LogP contribution in [-0.2, 0) is 18.9 Å². The normalized spacial score (nSPS) is 11.8. The number of amides is 1. The number of ether oxygens (including phenoxy) is 1. The summed E-state index contributed by atoms with van der Waals surface area (Å²) in [5.41, 5.74) is 0.712. The van der Waals surface area contributed by atoms with Gasteiger partial charge in [-0.15, -0.1) is 0 Å². The average Bonchev–Trinajstić information content (AvgIpc) is 2.68. The predicted molar refractivity (Wildman–Crippen MR) is 113 cm³/mol. The molecule has 1 atom stereocenters. The monoisotopic (exact) mass is 540 g/mol. The Balaban J connectivity index is 2.36. The lowest BCUT2D eigenvalue weighted by atomic mass is 10.3. The molecular weight excluding hydrogens is 523 g/mol. The molecule has 0 radical (unpaired) electrons. The van der Waals surface area contributed by atoms with Crippen molar-refractivity contribution in [3.05, 3.63) is 47.6 Å². The van der Waals surface area contributed by atoms with E-state index < -0.39 is 42.4 Å². The molecule has 0 bridgehead atoms. The second-order valence-corrected chi connectivity index (χ2v) is 7.42. The van der Waals surface area contributed by atoms with E-state index in [4.69, 9.17) is 21.4 Å². The minimum atomic E-state index is -1.21. The standard InChI is InChI=1S/C16H18ClIN4O7/c1-21-13(19-11-4-3-8(18)5-10(11)17)12(14(25)22(2)16(21)27)29-15(26)20-28-7-9(24)6-23/h3-5,9,19,23-24H,6-7H2,1-2H3,(H,20,26)/t9-/m1/s1. The Bertz CT molecular complexity index is 1020. The van der Waals surface area contributed by atoms with Crippen molar-refractivity contribution in [1.29, 1.82) is 0 Å². The van der Waals surface area contributed by atoms with Gasteiger partial charge < -0.3 is 20.3 Å². The third kappa shape index (κ3) is 5.70. The summed E-state index contributed by atoms with van der Waals surface area (Å²) >= 11 is 8.26. The lowest BCUT2D eigenvalue weighted by molar-refractivity contribution is -0.0291. The molecule has 0 unspecified atom stereocenters. The van der Waals surface area contributed by atoms with Crippen LogP contribution in [-0.4, -0.2) is 44.8 Å². The highest BCUT2D eigenvalue weighted by Gasteiger charge is 2.21. The number of anilines is 2. The maximum Gasteiger partial charge on any atom is 0.437 e. The van der Waals surface area contributed by atoms with Crippen molar-refractivity contribution in [1.82, 2.24) is 14.6 Å². The van der Waals surface area contributed by atoms with E-state index in [2.05, 4.69) is 32.7 Å². The third-order valence-electron chi connectivity index (χ3n) is 3.64. The fourth-order valence-electron chi connectivity index (χ4n) is 2.13. The summed E-state index contributed by atoms with van der Waals surface area (Å²) in [6.07, 6.45) is -2.39. The summed E-state index contributed by atoms with van der Waals surface area (Å²) < 4.78 is 7.74. The average molecular weight is 541 g/mol. The molecular formula is C16H18ClIN4O7. The highest BCUT2D eigenvalue weighted by atomic mass is 127. The van der Waals surface area contributed by atoms with E-state index in [1.54, 1.807) is 18.2 Å². The fraction of sp³-hybridized carbons (Fsp3) is 0.312. The molecule has 0 aliphatic rings. The number of nitrogens with zero attached hydrogens (tertiary/aromatic N) is 2. The van der Waals surface area contributed by atoms with Crippen LogP contribution in [0.2, 0.25) is 5.02 Å². The van der Waals surface area contributed by atoms with Crippen molar-refractivity contribution >= 4 is 51.8 Å². The number of aliphatic hydroxyl groups excluding tert-OH is 2. The largest absolute Gasteiger partial charge is 0.437 e. The lowest BCUT2D eigenvalue weighted by Gasteiger charge is -2.17. The van der Waals surface area contributed by atoms with E-state index >= 15 is 0 Å². The first-order valence-electron chi connectivity index (χ1n) is 8.06. The highest BCUT2D eigenvalue weighted by Crippen LogP contribution is 2.29. The van der Waals surface area contributed by atoms with Gasteiger partial charge in [-0.3, -0.25) is 18.8 Å². The van der Waals surface area contributed by atoms with Gasteiger partial charge >= 0.3 is 17.3 Å². The first-order valence-corrected chi connectivity index (χ1v) is 9.52. The Labute approximate surface area is 182 Å². The van der Waals surface area contributed by atoms with E-state index in [0.717, 1.165) is 12.7 Å². The minimum absolute atomic E-state index is 0.105. The maximum absolute atomic E-state index is 12.5. The van der Waals surface area contributed by atoms with Crippen molar-refractivity contribution in [2.24, 2.45) is 14.1 Å². The molecule has 29 heavy (non-hydrogen) atoms. The van der Waals surface area contributed by atoms with Crippen LogP contribution in [0.4, 0.5) is 16.3 Å². The number of hydrogen-bond donors (Lipinski definition) is 4. The van der Waals surface area contributed by atoms with Crippen molar-refractivity contribution in [2.45, 2.75) is 6.10 Å². The number of nitrogens with one attached hydrogen (secondary N) is 2. The van der Waals surface area contributed by atoms with Gasteiger partial charge in [-0.1, -0.05) is 11.6 Å². The van der Waals surface area contributed by atoms with Crippen molar-refractivity contribution in [2.75, 3.05) is 18.5 Å². The SMILES string of the molecule is Cn1c(Nc2ccc(I)cc2Cl)c(OC(=O)NOC[C@H](O)CO)c(=O)n(C)c1=O. The van der Waals surface area contributed by atoms with Gasteiger partial charge in [0, 0.05) is 17.7 Å². The summed E-state index contributed by atoms with van der Waals surface area (Å²) in [6.45, 7) is -0.969. The van der Waals surface area contributed by atoms with Crippen molar-refractivity contribution in [3.8, 4) is 5.75 Å². The van der Waals surface area contributed by atoms with Gasteiger partial charge in [-0.2, -0.15) is 5.48 Å². The van der Waals surface area contributed by atoms with Crippen LogP contribution in [0.1, 0.15) is 0 Å². The number of carbonyl (C=O) groups excluding carboxylic acids is 1. The van der Waals surface area contributed by atoms with Crippen LogP contribution in [0.5, 0.6) is 5.75 Å². The Morgan fingerprint density at radius 2 is 2.00 bits per heavy atom. The zero-order valence-corrected chi connectivity index (χ0v) is 18.2. The molecule has 1 amide bonds. The van der Waals surface area contributed by atoms with E-state index in [1.807, 2.05) is 5.48 Å². The minimum Gasteiger partial charge on any atom is -0.399 e. The molecule has 1 aromatic carbocycles. The van der Waals surface area contributed by atoms with Gasteiger partial charge in [-0.25, -0.2) is 9.59 Å². The van der Waals surface area contributed by atoms with E-state index in [-0.39, 0.29) is 5.82 Å². The van der Waals surface area contributed by atoms with Gasteiger partial charge in [0.15, 0.2) is 5.82 Å². The second-order valence-electron chi connectivity index (χ2n) is 5.77. The number of hydroxylamine groups is 1. The Morgan fingerprint density at radius 1 is 1.31 bits per heavy atom. The summed E-state index contributed by atoms with van der Waals surface area (Å²) in [4.78, 5) is 41.4. The second kappa shape index (κ2) is 10.1. The van der Waals surface area contributed by atoms with Crippen LogP contribution < -0.4 is 26.8 Å². The lowest BCUT2D eigenvalue weighted by Crippen LogP contribution is -2.40. The molecule has 2 aromatic rings. The quantitative estimate of drug-likeness (QED) is 0.293. The van der Waals surface area contributed by atoms with Crippen molar-refractivity contribution in [3.63, 3.8) is 0 Å². The van der Waals surface area contributed by atoms with Gasteiger partial charge in [-0.05, 0) is 40.8 Å². The number of rotatable bonds is 7. The number of hydrogen-bond acceptors (Lipinski definition) is 8. The number of aliphatic hydroxyl groups is 2. The fourth-order valence-corrected chi connectivity index (χ4v) is 3.03. The smallest absolute Gasteiger partial charge is 0.399 e. The summed E-state index contributed by atoms with van der Waals surface area (Å²) in [7, 11) is 2.61. The van der Waals surface area contributed by atoms with Crippen LogP contribution in [0, 0.1) is 3.57 Å². The number of aromatic nitrogens is 2. The zero-order valence-electron chi connectivity index (χ0n) is 15.3. The molecule has 11 nitrogen and oxygen atoms in total. The Kier molecular flexibility index (Phi) is 8.04. The molecule has 0 saturated carbocycles. The molecule has 4 N–H and O–H groups in total. The molecule has 1 aromatic heterocycles. The Hall–Kier alpha value is -2.13. The van der Waals surface area contributed by atoms with Crippen molar-refractivity contribution < 1.29 is 24.6 Å². The number of benzene rings is 1. The highest BCUT2D eigenvalue weighted by molar-refractivity contribution is 14.1. The predicted octanol–water partition coefficient (Wildman–Crippen LogP) is 0.459. The zero-order chi connectivity index (χ0) is 21.7. The summed E-state index contributed by atoms with van der Waals surface area (Å²) in [5, 5.41) is 21.0. The van der Waals surface area contributed by atoms with Gasteiger partial charge in [0.1, 0.15) is 12.7 Å². The molecule has 0 spiro atoms. The molecule has 0 aliphatic carbocycles. The number of carbonyl (C=O) groups is 1. The third-order valence-corrected chi connectivity index (χ3v) is 4.63. The molecule has 2 rings (SSSR count). The molecule has 0 saturated heterocycles. The first-order chi connectivity index (χ1) is 13.6. The molecule has 1 heterocycles. The summed E-state index contributed by atoms with van der Waals surface area (Å²) in [6, 6.07) is 5.05. The first kappa shape index (κ1) is 23.2. The molecule has 158 valence electrons. The molecule has 13 heteroatoms. The van der Waals surface area contributed by atoms with Gasteiger partial charge in [0.25, 0.3) is 0 Å². The van der Waals surface area contributed by atoms with E-state index in [0.29, 0.717) is 10.7 Å². The summed E-state index contributed by atoms with van der Waals surface area (Å²) in [5.74, 6) is -0.584. The topological polar surface area (TPSA) is 144 Å². The number of halogens is 2. The van der Waals surface area contributed by atoms with Gasteiger partial charge in [0.05, 0.1) is 17.3 Å². The molecule has 0 aliphatic heterocycles.